The molecule has 0 bridgehead atoms. The molecule has 0 unspecified atom stereocenters. The summed E-state index contributed by atoms with van der Waals surface area (Å²) in [6.45, 7) is 9.67. The zero-order chi connectivity index (χ0) is 18.2. The van der Waals surface area contributed by atoms with Crippen molar-refractivity contribution in [3.05, 3.63) is 35.9 Å². The summed E-state index contributed by atoms with van der Waals surface area (Å²) in [6, 6.07) is 9.68. The summed E-state index contributed by atoms with van der Waals surface area (Å²) in [5.74, 6) is 0. The lowest BCUT2D eigenvalue weighted by Crippen LogP contribution is -2.52. The second kappa shape index (κ2) is 6.33. The molecule has 1 aromatic rings. The minimum Gasteiger partial charge on any atom is -0.444 e. The van der Waals surface area contributed by atoms with Crippen LogP contribution in [0.2, 0.25) is 0 Å². The van der Waals surface area contributed by atoms with Crippen LogP contribution in [0.5, 0.6) is 0 Å². The van der Waals surface area contributed by atoms with Crippen LogP contribution in [-0.2, 0) is 14.3 Å². The lowest BCUT2D eigenvalue weighted by atomic mass is 10.0. The molecular formula is C19H26N2O4. The molecule has 2 atom stereocenters. The van der Waals surface area contributed by atoms with E-state index in [0.717, 1.165) is 11.3 Å². The van der Waals surface area contributed by atoms with Gasteiger partial charge in [0.1, 0.15) is 17.4 Å². The number of rotatable bonds is 2. The van der Waals surface area contributed by atoms with Crippen LogP contribution < -0.4 is 0 Å². The van der Waals surface area contributed by atoms with E-state index in [1.165, 1.54) is 0 Å². The number of amides is 1. The van der Waals surface area contributed by atoms with Crippen LogP contribution in [0.25, 0.3) is 0 Å². The summed E-state index contributed by atoms with van der Waals surface area (Å²) in [5, 5.41) is 4.26. The van der Waals surface area contributed by atoms with Crippen molar-refractivity contribution in [2.75, 3.05) is 6.61 Å². The summed E-state index contributed by atoms with van der Waals surface area (Å²) in [5.41, 5.74) is 0.565. The van der Waals surface area contributed by atoms with E-state index in [0.29, 0.717) is 13.0 Å². The Morgan fingerprint density at radius 2 is 1.96 bits per heavy atom. The van der Waals surface area contributed by atoms with E-state index in [-0.39, 0.29) is 12.1 Å². The van der Waals surface area contributed by atoms with Crippen LogP contribution in [0, 0.1) is 0 Å². The molecule has 0 saturated carbocycles. The number of oxime groups is 1. The first-order valence-corrected chi connectivity index (χ1v) is 8.61. The van der Waals surface area contributed by atoms with E-state index < -0.39 is 17.4 Å². The molecule has 3 rings (SSSR count). The zero-order valence-electron chi connectivity index (χ0n) is 15.5. The molecule has 0 spiro atoms. The fourth-order valence-corrected chi connectivity index (χ4v) is 3.14. The first-order valence-electron chi connectivity index (χ1n) is 8.61. The minimum atomic E-state index is -0.750. The Balaban J connectivity index is 1.76. The van der Waals surface area contributed by atoms with Gasteiger partial charge in [-0.05, 0) is 40.2 Å². The summed E-state index contributed by atoms with van der Waals surface area (Å²) in [7, 11) is 0. The van der Waals surface area contributed by atoms with Crippen LogP contribution in [0.4, 0.5) is 4.79 Å². The third-order valence-corrected chi connectivity index (χ3v) is 4.32. The highest BCUT2D eigenvalue weighted by Gasteiger charge is 2.49. The average Bonchev–Trinajstić information content (AvgIpc) is 3.10. The van der Waals surface area contributed by atoms with E-state index >= 15 is 0 Å². The van der Waals surface area contributed by atoms with Crippen molar-refractivity contribution in [2.45, 2.75) is 64.5 Å². The molecule has 6 nitrogen and oxygen atoms in total. The maximum Gasteiger partial charge on any atom is 0.413 e. The van der Waals surface area contributed by atoms with Gasteiger partial charge in [0.15, 0.2) is 6.10 Å². The van der Waals surface area contributed by atoms with Crippen molar-refractivity contribution in [1.82, 2.24) is 4.90 Å². The molecule has 0 aromatic heterocycles. The number of carbonyl (C=O) groups excluding carboxylic acids is 1. The Morgan fingerprint density at radius 1 is 1.28 bits per heavy atom. The van der Waals surface area contributed by atoms with Crippen molar-refractivity contribution in [3.63, 3.8) is 0 Å². The van der Waals surface area contributed by atoms with E-state index in [1.807, 2.05) is 65.0 Å². The third kappa shape index (κ3) is 3.79. The van der Waals surface area contributed by atoms with Gasteiger partial charge in [-0.3, -0.25) is 4.90 Å². The lowest BCUT2D eigenvalue weighted by Gasteiger charge is -2.34. The molecule has 25 heavy (non-hydrogen) atoms. The van der Waals surface area contributed by atoms with Crippen molar-refractivity contribution in [2.24, 2.45) is 5.16 Å². The molecule has 0 aliphatic carbocycles. The van der Waals surface area contributed by atoms with Crippen LogP contribution >= 0.6 is 0 Å². The highest BCUT2D eigenvalue weighted by Crippen LogP contribution is 2.35. The van der Waals surface area contributed by atoms with Gasteiger partial charge in [-0.15, -0.1) is 0 Å². The molecule has 2 aliphatic heterocycles. The minimum absolute atomic E-state index is 0.125. The van der Waals surface area contributed by atoms with Crippen molar-refractivity contribution in [3.8, 4) is 0 Å². The van der Waals surface area contributed by atoms with Crippen molar-refractivity contribution >= 4 is 11.8 Å². The normalized spacial score (nSPS) is 25.5. The Labute approximate surface area is 148 Å². The SMILES string of the molecule is CC(C)(C)OC(=O)N1[C@H](C2=NO[C@H](c3ccccc3)C2)COC1(C)C. The van der Waals surface area contributed by atoms with Gasteiger partial charge in [0.25, 0.3) is 0 Å². The second-order valence-electron chi connectivity index (χ2n) is 7.92. The molecule has 1 amide bonds. The van der Waals surface area contributed by atoms with Gasteiger partial charge >= 0.3 is 6.09 Å². The fraction of sp³-hybridized carbons (Fsp3) is 0.579. The average molecular weight is 346 g/mol. The molecule has 1 saturated heterocycles. The van der Waals surface area contributed by atoms with Crippen LogP contribution in [0.15, 0.2) is 35.5 Å². The predicted octanol–water partition coefficient (Wildman–Crippen LogP) is 3.88. The van der Waals surface area contributed by atoms with Crippen LogP contribution in [-0.4, -0.2) is 40.7 Å². The predicted molar refractivity (Wildman–Crippen MR) is 94.2 cm³/mol. The van der Waals surface area contributed by atoms with Gasteiger partial charge in [-0.2, -0.15) is 0 Å². The van der Waals surface area contributed by atoms with Gasteiger partial charge in [0.2, 0.25) is 0 Å². The molecule has 2 heterocycles. The van der Waals surface area contributed by atoms with Crippen molar-refractivity contribution in [1.29, 1.82) is 0 Å². The Morgan fingerprint density at radius 3 is 2.60 bits per heavy atom. The number of carbonyl (C=O) groups is 1. The number of benzene rings is 1. The Kier molecular flexibility index (Phi) is 4.49. The summed E-state index contributed by atoms with van der Waals surface area (Å²) in [6.07, 6.45) is 0.110. The zero-order valence-corrected chi connectivity index (χ0v) is 15.5. The molecule has 0 N–H and O–H groups in total. The molecule has 6 heteroatoms. The van der Waals surface area contributed by atoms with Gasteiger partial charge < -0.3 is 14.3 Å². The van der Waals surface area contributed by atoms with Gasteiger partial charge in [-0.25, -0.2) is 4.79 Å². The van der Waals surface area contributed by atoms with E-state index in [9.17, 15) is 4.79 Å². The number of ether oxygens (including phenoxy) is 2. The Hall–Kier alpha value is -2.08. The van der Waals surface area contributed by atoms with E-state index in [2.05, 4.69) is 5.16 Å². The summed E-state index contributed by atoms with van der Waals surface area (Å²) in [4.78, 5) is 20.0. The molecular weight excluding hydrogens is 320 g/mol. The first kappa shape index (κ1) is 17.7. The topological polar surface area (TPSA) is 60.4 Å². The number of hydrogen-bond donors (Lipinski definition) is 0. The van der Waals surface area contributed by atoms with E-state index in [1.54, 1.807) is 4.90 Å². The van der Waals surface area contributed by atoms with Gasteiger partial charge in [0, 0.05) is 6.42 Å². The fourth-order valence-electron chi connectivity index (χ4n) is 3.14. The van der Waals surface area contributed by atoms with Gasteiger partial charge in [0.05, 0.1) is 12.3 Å². The second-order valence-corrected chi connectivity index (χ2v) is 7.92. The van der Waals surface area contributed by atoms with E-state index in [4.69, 9.17) is 14.3 Å². The third-order valence-electron chi connectivity index (χ3n) is 4.32. The first-order chi connectivity index (χ1) is 11.7. The maximum atomic E-state index is 12.7. The molecule has 0 radical (unpaired) electrons. The maximum absolute atomic E-state index is 12.7. The molecule has 2 aliphatic rings. The number of hydrogen-bond acceptors (Lipinski definition) is 5. The highest BCUT2D eigenvalue weighted by molar-refractivity contribution is 5.93. The smallest absolute Gasteiger partial charge is 0.413 e. The largest absolute Gasteiger partial charge is 0.444 e. The lowest BCUT2D eigenvalue weighted by molar-refractivity contribution is -0.0605. The quantitative estimate of drug-likeness (QED) is 0.815. The molecule has 1 fully saturated rings. The summed E-state index contributed by atoms with van der Waals surface area (Å²) < 4.78 is 11.4. The highest BCUT2D eigenvalue weighted by atomic mass is 16.6. The van der Waals surface area contributed by atoms with Crippen molar-refractivity contribution < 1.29 is 19.1 Å². The molecule has 1 aromatic carbocycles. The van der Waals surface area contributed by atoms with Gasteiger partial charge in [-0.1, -0.05) is 35.5 Å². The Bertz CT molecular complexity index is 664. The van der Waals surface area contributed by atoms with Crippen LogP contribution in [0.3, 0.4) is 0 Å². The van der Waals surface area contributed by atoms with Crippen LogP contribution in [0.1, 0.15) is 52.7 Å². The monoisotopic (exact) mass is 346 g/mol. The number of nitrogens with zero attached hydrogens (tertiary/aromatic N) is 2. The summed E-state index contributed by atoms with van der Waals surface area (Å²) >= 11 is 0. The molecule has 136 valence electrons. The standard InChI is InChI=1S/C19H26N2O4/c1-18(2,3)24-17(22)21-15(12-23-19(21,4)5)14-11-16(25-20-14)13-9-7-6-8-10-13/h6-10,15-16H,11-12H2,1-5H3/t15-,16-/m0/s1.